The molecule has 0 atom stereocenters. The van der Waals surface area contributed by atoms with Gasteiger partial charge in [0.1, 0.15) is 6.61 Å². The molecular formula is C22H24N4O. The molecular weight excluding hydrogens is 336 g/mol. The van der Waals surface area contributed by atoms with Gasteiger partial charge in [-0.25, -0.2) is 9.98 Å². The number of hydrogen-bond acceptors (Lipinski definition) is 3. The maximum Gasteiger partial charge on any atom is 0.213 e. The van der Waals surface area contributed by atoms with Crippen LogP contribution in [0.1, 0.15) is 22.3 Å². The van der Waals surface area contributed by atoms with E-state index in [4.69, 9.17) is 10.5 Å². The summed E-state index contributed by atoms with van der Waals surface area (Å²) in [6.45, 7) is 5.05. The Kier molecular flexibility index (Phi) is 6.05. The topological polar surface area (TPSA) is 72.5 Å². The molecule has 2 aromatic carbocycles. The van der Waals surface area contributed by atoms with Gasteiger partial charge in [-0.1, -0.05) is 36.4 Å². The van der Waals surface area contributed by atoms with Gasteiger partial charge in [-0.15, -0.1) is 0 Å². The van der Waals surface area contributed by atoms with Crippen LogP contribution in [-0.2, 0) is 13.2 Å². The van der Waals surface area contributed by atoms with Crippen molar-refractivity contribution in [2.45, 2.75) is 27.0 Å². The lowest BCUT2D eigenvalue weighted by Gasteiger charge is -2.09. The summed E-state index contributed by atoms with van der Waals surface area (Å²) < 4.78 is 5.76. The highest BCUT2D eigenvalue weighted by molar-refractivity contribution is 5.92. The zero-order valence-corrected chi connectivity index (χ0v) is 15.6. The van der Waals surface area contributed by atoms with Crippen LogP contribution in [0.4, 0.5) is 5.69 Å². The van der Waals surface area contributed by atoms with E-state index in [-0.39, 0.29) is 0 Å². The van der Waals surface area contributed by atoms with Crippen molar-refractivity contribution in [3.8, 4) is 5.88 Å². The fourth-order valence-corrected chi connectivity index (χ4v) is 2.77. The molecule has 0 amide bonds. The molecule has 0 aliphatic rings. The Hall–Kier alpha value is -3.34. The Labute approximate surface area is 159 Å². The standard InChI is InChI=1S/C22H24N4O/c1-16-10-17(2)12-20(11-16)26-22(23)25-14-19-8-9-24-21(13-19)27-15-18-6-4-3-5-7-18/h3-13H,14-15H2,1-2H3,(H3,23,25,26). The van der Waals surface area contributed by atoms with Crippen LogP contribution in [0.2, 0.25) is 0 Å². The molecule has 1 heterocycles. The zero-order valence-electron chi connectivity index (χ0n) is 15.6. The van der Waals surface area contributed by atoms with Crippen LogP contribution in [-0.4, -0.2) is 10.9 Å². The number of hydrogen-bond donors (Lipinski definition) is 2. The second-order valence-electron chi connectivity index (χ2n) is 6.48. The minimum absolute atomic E-state index is 0.378. The number of ether oxygens (including phenoxy) is 1. The lowest BCUT2D eigenvalue weighted by molar-refractivity contribution is 0.293. The lowest BCUT2D eigenvalue weighted by atomic mass is 10.1. The second kappa shape index (κ2) is 8.85. The lowest BCUT2D eigenvalue weighted by Crippen LogP contribution is -2.22. The average Bonchev–Trinajstić information content (AvgIpc) is 2.65. The molecule has 0 saturated carbocycles. The van der Waals surface area contributed by atoms with Crippen LogP contribution in [0.25, 0.3) is 0 Å². The van der Waals surface area contributed by atoms with E-state index in [9.17, 15) is 0 Å². The van der Waals surface area contributed by atoms with Crippen LogP contribution < -0.4 is 15.8 Å². The van der Waals surface area contributed by atoms with E-state index in [1.165, 1.54) is 11.1 Å². The predicted octanol–water partition coefficient (Wildman–Crippen LogP) is 4.20. The molecule has 1 aromatic heterocycles. The number of aryl methyl sites for hydroxylation is 2. The van der Waals surface area contributed by atoms with Gasteiger partial charge in [0.25, 0.3) is 0 Å². The first-order chi connectivity index (χ1) is 13.1. The van der Waals surface area contributed by atoms with Crippen molar-refractivity contribution < 1.29 is 4.74 Å². The molecule has 0 bridgehead atoms. The number of rotatable bonds is 6. The number of guanidine groups is 1. The smallest absolute Gasteiger partial charge is 0.213 e. The van der Waals surface area contributed by atoms with E-state index in [1.807, 2.05) is 54.6 Å². The third-order valence-corrected chi connectivity index (χ3v) is 3.95. The van der Waals surface area contributed by atoms with E-state index >= 15 is 0 Å². The van der Waals surface area contributed by atoms with Crippen LogP contribution >= 0.6 is 0 Å². The van der Waals surface area contributed by atoms with Crippen molar-refractivity contribution in [1.82, 2.24) is 4.98 Å². The monoisotopic (exact) mass is 360 g/mol. The summed E-state index contributed by atoms with van der Waals surface area (Å²) in [4.78, 5) is 8.66. The Bertz CT molecular complexity index is 902. The normalized spacial score (nSPS) is 11.3. The van der Waals surface area contributed by atoms with E-state index in [0.29, 0.717) is 25.0 Å². The first kappa shape index (κ1) is 18.5. The molecule has 5 heteroatoms. The van der Waals surface area contributed by atoms with Gasteiger partial charge in [-0.3, -0.25) is 0 Å². The molecule has 0 aliphatic heterocycles. The summed E-state index contributed by atoms with van der Waals surface area (Å²) in [7, 11) is 0. The Morgan fingerprint density at radius 1 is 1.00 bits per heavy atom. The van der Waals surface area contributed by atoms with Gasteiger partial charge >= 0.3 is 0 Å². The van der Waals surface area contributed by atoms with Gasteiger partial charge in [0.2, 0.25) is 5.88 Å². The Morgan fingerprint density at radius 2 is 1.74 bits per heavy atom. The van der Waals surface area contributed by atoms with Gasteiger partial charge in [-0.2, -0.15) is 0 Å². The molecule has 138 valence electrons. The fraction of sp³-hybridized carbons (Fsp3) is 0.182. The zero-order chi connectivity index (χ0) is 19.1. The molecule has 3 N–H and O–H groups in total. The van der Waals surface area contributed by atoms with Crippen molar-refractivity contribution in [3.05, 3.63) is 89.1 Å². The summed E-state index contributed by atoms with van der Waals surface area (Å²) >= 11 is 0. The van der Waals surface area contributed by atoms with Crippen LogP contribution in [0.15, 0.2) is 71.9 Å². The third kappa shape index (κ3) is 5.85. The summed E-state index contributed by atoms with van der Waals surface area (Å²) in [6, 6.07) is 20.0. The summed E-state index contributed by atoms with van der Waals surface area (Å²) in [6.07, 6.45) is 1.72. The molecule has 0 aliphatic carbocycles. The van der Waals surface area contributed by atoms with Crippen molar-refractivity contribution in [1.29, 1.82) is 0 Å². The SMILES string of the molecule is Cc1cc(C)cc(NC(N)=NCc2ccnc(OCc3ccccc3)c2)c1. The molecule has 0 saturated heterocycles. The van der Waals surface area contributed by atoms with Gasteiger partial charge in [0.05, 0.1) is 6.54 Å². The van der Waals surface area contributed by atoms with Crippen LogP contribution in [0, 0.1) is 13.8 Å². The van der Waals surface area contributed by atoms with Gasteiger partial charge in [-0.05, 0) is 54.3 Å². The molecule has 0 unspecified atom stereocenters. The van der Waals surface area contributed by atoms with Crippen LogP contribution in [0.5, 0.6) is 5.88 Å². The number of anilines is 1. The minimum Gasteiger partial charge on any atom is -0.473 e. The number of nitrogens with zero attached hydrogens (tertiary/aromatic N) is 2. The second-order valence-corrected chi connectivity index (χ2v) is 6.48. The maximum absolute atomic E-state index is 6.02. The number of benzene rings is 2. The van der Waals surface area contributed by atoms with Crippen molar-refractivity contribution >= 4 is 11.6 Å². The Balaban J connectivity index is 1.59. The van der Waals surface area contributed by atoms with Crippen molar-refractivity contribution in [2.75, 3.05) is 5.32 Å². The molecule has 3 rings (SSSR count). The summed E-state index contributed by atoms with van der Waals surface area (Å²) in [5.41, 5.74) is 11.4. The van der Waals surface area contributed by atoms with Crippen molar-refractivity contribution in [2.24, 2.45) is 10.7 Å². The number of aliphatic imine (C=N–C) groups is 1. The molecule has 0 spiro atoms. The highest BCUT2D eigenvalue weighted by Crippen LogP contribution is 2.14. The first-order valence-electron chi connectivity index (χ1n) is 8.85. The van der Waals surface area contributed by atoms with Gasteiger partial charge < -0.3 is 15.8 Å². The first-order valence-corrected chi connectivity index (χ1v) is 8.85. The number of nitrogens with one attached hydrogen (secondary N) is 1. The van der Waals surface area contributed by atoms with E-state index < -0.39 is 0 Å². The van der Waals surface area contributed by atoms with Crippen molar-refractivity contribution in [3.63, 3.8) is 0 Å². The molecule has 3 aromatic rings. The van der Waals surface area contributed by atoms with Crippen LogP contribution in [0.3, 0.4) is 0 Å². The Morgan fingerprint density at radius 3 is 2.48 bits per heavy atom. The number of aromatic nitrogens is 1. The highest BCUT2D eigenvalue weighted by atomic mass is 16.5. The average molecular weight is 360 g/mol. The van der Waals surface area contributed by atoms with E-state index in [0.717, 1.165) is 16.8 Å². The minimum atomic E-state index is 0.378. The van der Waals surface area contributed by atoms with E-state index in [1.54, 1.807) is 6.20 Å². The third-order valence-electron chi connectivity index (χ3n) is 3.95. The molecule has 27 heavy (non-hydrogen) atoms. The fourth-order valence-electron chi connectivity index (χ4n) is 2.77. The number of pyridine rings is 1. The molecule has 0 radical (unpaired) electrons. The molecule has 0 fully saturated rings. The largest absolute Gasteiger partial charge is 0.473 e. The van der Waals surface area contributed by atoms with E-state index in [2.05, 4.69) is 35.2 Å². The maximum atomic E-state index is 6.02. The molecule has 5 nitrogen and oxygen atoms in total. The van der Waals surface area contributed by atoms with Gasteiger partial charge in [0, 0.05) is 18.0 Å². The highest BCUT2D eigenvalue weighted by Gasteiger charge is 2.01. The van der Waals surface area contributed by atoms with Gasteiger partial charge in [0.15, 0.2) is 5.96 Å². The summed E-state index contributed by atoms with van der Waals surface area (Å²) in [5.74, 6) is 0.955. The number of nitrogens with two attached hydrogens (primary N) is 1. The predicted molar refractivity (Wildman–Crippen MR) is 110 cm³/mol. The quantitative estimate of drug-likeness (QED) is 0.510. The summed E-state index contributed by atoms with van der Waals surface area (Å²) in [5, 5.41) is 3.14.